The predicted octanol–water partition coefficient (Wildman–Crippen LogP) is 3.60. The van der Waals surface area contributed by atoms with Crippen molar-refractivity contribution < 1.29 is 9.59 Å². The maximum atomic E-state index is 13.1. The van der Waals surface area contributed by atoms with Crippen LogP contribution in [-0.4, -0.2) is 34.7 Å². The summed E-state index contributed by atoms with van der Waals surface area (Å²) in [7, 11) is 0. The Morgan fingerprint density at radius 3 is 2.28 bits per heavy atom. The SMILES string of the molecule is O=C1CC(C(=O)N(Cc2cccs2)Cc2cccs2)CN1CC1CC1. The van der Waals surface area contributed by atoms with E-state index in [1.54, 1.807) is 22.7 Å². The molecule has 2 aromatic rings. The third-order valence-electron chi connectivity index (χ3n) is 4.90. The molecule has 0 spiro atoms. The summed E-state index contributed by atoms with van der Waals surface area (Å²) in [6, 6.07) is 8.17. The van der Waals surface area contributed by atoms with Crippen molar-refractivity contribution in [1.82, 2.24) is 9.80 Å². The van der Waals surface area contributed by atoms with Crippen molar-refractivity contribution in [3.8, 4) is 0 Å². The van der Waals surface area contributed by atoms with Crippen LogP contribution in [-0.2, 0) is 22.7 Å². The number of amides is 2. The van der Waals surface area contributed by atoms with Gasteiger partial charge in [0.2, 0.25) is 11.8 Å². The Hall–Kier alpha value is -1.66. The van der Waals surface area contributed by atoms with E-state index in [-0.39, 0.29) is 17.7 Å². The summed E-state index contributed by atoms with van der Waals surface area (Å²) in [6.45, 7) is 2.70. The fourth-order valence-electron chi connectivity index (χ4n) is 3.38. The lowest BCUT2D eigenvalue weighted by Gasteiger charge is -2.25. The molecular weight excluding hydrogens is 352 g/mol. The van der Waals surface area contributed by atoms with Crippen LogP contribution < -0.4 is 0 Å². The molecule has 4 nitrogen and oxygen atoms in total. The second-order valence-corrected chi connectivity index (χ2v) is 9.06. The number of thiophene rings is 2. The standard InChI is InChI=1S/C19H22N2O2S2/c22-18-9-15(11-20(18)10-14-5-6-14)19(23)21(12-16-3-1-7-24-16)13-17-4-2-8-25-17/h1-4,7-8,14-15H,5-6,9-13H2. The highest BCUT2D eigenvalue weighted by molar-refractivity contribution is 7.10. The first kappa shape index (κ1) is 16.8. The Kier molecular flexibility index (Phi) is 4.90. The van der Waals surface area contributed by atoms with Crippen LogP contribution in [0.15, 0.2) is 35.0 Å². The minimum Gasteiger partial charge on any atom is -0.342 e. The zero-order valence-corrected chi connectivity index (χ0v) is 15.7. The quantitative estimate of drug-likeness (QED) is 0.743. The summed E-state index contributed by atoms with van der Waals surface area (Å²) in [6.07, 6.45) is 2.83. The van der Waals surface area contributed by atoms with Crippen molar-refractivity contribution in [1.29, 1.82) is 0 Å². The van der Waals surface area contributed by atoms with E-state index >= 15 is 0 Å². The van der Waals surface area contributed by atoms with Crippen LogP contribution in [0, 0.1) is 11.8 Å². The van der Waals surface area contributed by atoms with Gasteiger partial charge in [-0.25, -0.2) is 0 Å². The molecule has 2 aliphatic rings. The van der Waals surface area contributed by atoms with Gasteiger partial charge in [-0.15, -0.1) is 22.7 Å². The van der Waals surface area contributed by atoms with Crippen LogP contribution in [0.1, 0.15) is 29.0 Å². The van der Waals surface area contributed by atoms with Crippen LogP contribution >= 0.6 is 22.7 Å². The van der Waals surface area contributed by atoms with Crippen molar-refractivity contribution in [2.24, 2.45) is 11.8 Å². The molecule has 1 aliphatic heterocycles. The minimum absolute atomic E-state index is 0.119. The molecule has 0 aromatic carbocycles. The number of nitrogens with zero attached hydrogens (tertiary/aromatic N) is 2. The average Bonchev–Trinajstić information content (AvgIpc) is 2.99. The molecule has 2 fully saturated rings. The Bertz CT molecular complexity index is 686. The second kappa shape index (κ2) is 7.30. The average molecular weight is 375 g/mol. The zero-order valence-electron chi connectivity index (χ0n) is 14.1. The number of rotatable bonds is 7. The Morgan fingerprint density at radius 1 is 1.12 bits per heavy atom. The molecule has 6 heteroatoms. The number of hydrogen-bond acceptors (Lipinski definition) is 4. The summed E-state index contributed by atoms with van der Waals surface area (Å²) >= 11 is 3.35. The lowest BCUT2D eigenvalue weighted by atomic mass is 10.1. The summed E-state index contributed by atoms with van der Waals surface area (Å²) in [5.41, 5.74) is 0. The van der Waals surface area contributed by atoms with Gasteiger partial charge in [-0.05, 0) is 41.7 Å². The molecule has 0 radical (unpaired) electrons. The van der Waals surface area contributed by atoms with Gasteiger partial charge in [-0.1, -0.05) is 12.1 Å². The molecule has 2 amide bonds. The van der Waals surface area contributed by atoms with Crippen LogP contribution in [0.3, 0.4) is 0 Å². The van der Waals surface area contributed by atoms with Crippen LogP contribution in [0.2, 0.25) is 0 Å². The molecule has 2 aromatic heterocycles. The maximum absolute atomic E-state index is 13.1. The van der Waals surface area contributed by atoms with Gasteiger partial charge < -0.3 is 9.80 Å². The van der Waals surface area contributed by atoms with Crippen molar-refractivity contribution in [3.05, 3.63) is 44.8 Å². The largest absolute Gasteiger partial charge is 0.342 e. The summed E-state index contributed by atoms with van der Waals surface area (Å²) in [5.74, 6) is 0.753. The molecule has 4 rings (SSSR count). The van der Waals surface area contributed by atoms with Gasteiger partial charge in [0.25, 0.3) is 0 Å². The van der Waals surface area contributed by atoms with Gasteiger partial charge in [0.1, 0.15) is 0 Å². The topological polar surface area (TPSA) is 40.6 Å². The van der Waals surface area contributed by atoms with E-state index in [0.29, 0.717) is 32.0 Å². The van der Waals surface area contributed by atoms with Gasteiger partial charge in [-0.2, -0.15) is 0 Å². The van der Waals surface area contributed by atoms with Crippen molar-refractivity contribution in [2.45, 2.75) is 32.4 Å². The molecular formula is C19H22N2O2S2. The van der Waals surface area contributed by atoms with Gasteiger partial charge in [-0.3, -0.25) is 9.59 Å². The van der Waals surface area contributed by atoms with Crippen LogP contribution in [0.4, 0.5) is 0 Å². The second-order valence-electron chi connectivity index (χ2n) is 7.00. The minimum atomic E-state index is -0.189. The van der Waals surface area contributed by atoms with Crippen molar-refractivity contribution in [2.75, 3.05) is 13.1 Å². The highest BCUT2D eigenvalue weighted by Gasteiger charge is 2.38. The number of hydrogen-bond donors (Lipinski definition) is 0. The van der Waals surface area contributed by atoms with Crippen molar-refractivity contribution >= 4 is 34.5 Å². The molecule has 1 saturated heterocycles. The van der Waals surface area contributed by atoms with Crippen molar-refractivity contribution in [3.63, 3.8) is 0 Å². The van der Waals surface area contributed by atoms with Gasteiger partial charge in [0.15, 0.2) is 0 Å². The first-order valence-electron chi connectivity index (χ1n) is 8.80. The number of likely N-dealkylation sites (tertiary alicyclic amines) is 1. The molecule has 0 N–H and O–H groups in total. The molecule has 1 aliphatic carbocycles. The lowest BCUT2D eigenvalue weighted by molar-refractivity contribution is -0.137. The summed E-state index contributed by atoms with van der Waals surface area (Å²) in [5, 5.41) is 4.08. The third kappa shape index (κ3) is 4.12. The maximum Gasteiger partial charge on any atom is 0.228 e. The molecule has 1 unspecified atom stereocenters. The normalized spacial score (nSPS) is 20.2. The fourth-order valence-corrected chi connectivity index (χ4v) is 4.82. The molecule has 1 saturated carbocycles. The molecule has 25 heavy (non-hydrogen) atoms. The molecule has 132 valence electrons. The Balaban J connectivity index is 1.45. The number of carbonyl (C=O) groups excluding carboxylic acids is 2. The zero-order chi connectivity index (χ0) is 17.2. The molecule has 1 atom stereocenters. The monoisotopic (exact) mass is 374 g/mol. The van der Waals surface area contributed by atoms with E-state index in [9.17, 15) is 9.59 Å². The van der Waals surface area contributed by atoms with E-state index in [0.717, 1.165) is 6.54 Å². The van der Waals surface area contributed by atoms with Crippen LogP contribution in [0.25, 0.3) is 0 Å². The summed E-state index contributed by atoms with van der Waals surface area (Å²) < 4.78 is 0. The number of carbonyl (C=O) groups is 2. The van der Waals surface area contributed by atoms with E-state index in [2.05, 4.69) is 12.1 Å². The third-order valence-corrected chi connectivity index (χ3v) is 6.63. The highest BCUT2D eigenvalue weighted by Crippen LogP contribution is 2.32. The smallest absolute Gasteiger partial charge is 0.228 e. The Labute approximate surface area is 156 Å². The Morgan fingerprint density at radius 2 is 1.76 bits per heavy atom. The highest BCUT2D eigenvalue weighted by atomic mass is 32.1. The molecule has 3 heterocycles. The van der Waals surface area contributed by atoms with Gasteiger partial charge >= 0.3 is 0 Å². The van der Waals surface area contributed by atoms with E-state index in [1.165, 1.54) is 22.6 Å². The predicted molar refractivity (Wildman–Crippen MR) is 100 cm³/mol. The first-order valence-corrected chi connectivity index (χ1v) is 10.6. The lowest BCUT2D eigenvalue weighted by Crippen LogP contribution is -2.36. The fraction of sp³-hybridized carbons (Fsp3) is 0.474. The van der Waals surface area contributed by atoms with E-state index in [4.69, 9.17) is 0 Å². The van der Waals surface area contributed by atoms with Crippen LogP contribution in [0.5, 0.6) is 0 Å². The van der Waals surface area contributed by atoms with E-state index < -0.39 is 0 Å². The van der Waals surface area contributed by atoms with Gasteiger partial charge in [0.05, 0.1) is 19.0 Å². The molecule has 0 bridgehead atoms. The van der Waals surface area contributed by atoms with E-state index in [1.807, 2.05) is 32.7 Å². The first-order chi connectivity index (χ1) is 12.2. The summed E-state index contributed by atoms with van der Waals surface area (Å²) in [4.78, 5) is 31.6. The van der Waals surface area contributed by atoms with Gasteiger partial charge in [0, 0.05) is 29.3 Å².